The zero-order valence-electron chi connectivity index (χ0n) is 23.3. The number of benzene rings is 2. The van der Waals surface area contributed by atoms with Crippen molar-refractivity contribution in [3.63, 3.8) is 0 Å². The van der Waals surface area contributed by atoms with Crippen LogP contribution in [0.25, 0.3) is 0 Å². The molecule has 2 saturated heterocycles. The number of aliphatic hydroxyl groups excluding tert-OH is 6. The lowest BCUT2D eigenvalue weighted by Gasteiger charge is -2.44. The standard InChI is InChI=1S/C30H42O12/c31-15-23-24(35)25(36)26(37)30(41-23)42-28-22(34)16-39-29(27(28)38)40-21(14-9-18-7-12-20(33)13-8-18)4-2-1-3-17-5-10-19(32)11-6-17/h5-8,10-13,21-38H,1-4,9,14-16H2/t21-,22+,23+,24+,25-,26+,27+,28-,29-,30-/m1/s1. The van der Waals surface area contributed by atoms with Crippen molar-refractivity contribution < 1.29 is 59.8 Å². The van der Waals surface area contributed by atoms with Crippen molar-refractivity contribution in [2.75, 3.05) is 13.2 Å². The summed E-state index contributed by atoms with van der Waals surface area (Å²) in [6, 6.07) is 13.9. The number of phenols is 2. The molecule has 2 aromatic carbocycles. The van der Waals surface area contributed by atoms with Crippen LogP contribution in [0.5, 0.6) is 11.5 Å². The van der Waals surface area contributed by atoms with E-state index >= 15 is 0 Å². The number of unbranched alkanes of at least 4 members (excludes halogenated alkanes) is 1. The van der Waals surface area contributed by atoms with Gasteiger partial charge in [0.15, 0.2) is 12.6 Å². The molecular formula is C30H42O12. The van der Waals surface area contributed by atoms with Crippen LogP contribution in [0, 0.1) is 0 Å². The summed E-state index contributed by atoms with van der Waals surface area (Å²) in [5, 5.41) is 80.6. The van der Waals surface area contributed by atoms with Gasteiger partial charge in [-0.2, -0.15) is 0 Å². The molecule has 8 N–H and O–H groups in total. The van der Waals surface area contributed by atoms with Crippen LogP contribution in [0.4, 0.5) is 0 Å². The molecule has 0 unspecified atom stereocenters. The van der Waals surface area contributed by atoms with Crippen molar-refractivity contribution in [1.82, 2.24) is 0 Å². The van der Waals surface area contributed by atoms with Gasteiger partial charge in [0.1, 0.15) is 54.2 Å². The first-order valence-corrected chi connectivity index (χ1v) is 14.3. The number of rotatable bonds is 13. The summed E-state index contributed by atoms with van der Waals surface area (Å²) in [6.07, 6.45) is -9.01. The summed E-state index contributed by atoms with van der Waals surface area (Å²) >= 11 is 0. The number of hydrogen-bond donors (Lipinski definition) is 8. The van der Waals surface area contributed by atoms with E-state index in [0.29, 0.717) is 19.3 Å². The Labute approximate surface area is 244 Å². The van der Waals surface area contributed by atoms with E-state index < -0.39 is 61.9 Å². The number of aryl methyl sites for hydroxylation is 2. The van der Waals surface area contributed by atoms with Gasteiger partial charge in [0.25, 0.3) is 0 Å². The highest BCUT2D eigenvalue weighted by molar-refractivity contribution is 5.26. The van der Waals surface area contributed by atoms with Gasteiger partial charge in [-0.25, -0.2) is 0 Å². The molecule has 2 fully saturated rings. The molecule has 0 bridgehead atoms. The first-order valence-electron chi connectivity index (χ1n) is 14.3. The Kier molecular flexibility index (Phi) is 11.9. The van der Waals surface area contributed by atoms with Gasteiger partial charge in [0.05, 0.1) is 19.3 Å². The van der Waals surface area contributed by atoms with E-state index in [-0.39, 0.29) is 24.2 Å². The predicted molar refractivity (Wildman–Crippen MR) is 147 cm³/mol. The van der Waals surface area contributed by atoms with Gasteiger partial charge in [-0.3, -0.25) is 0 Å². The Morgan fingerprint density at radius 2 is 1.33 bits per heavy atom. The van der Waals surface area contributed by atoms with E-state index in [4.69, 9.17) is 18.9 Å². The molecule has 2 aromatic rings. The lowest BCUT2D eigenvalue weighted by atomic mass is 9.98. The Balaban J connectivity index is 1.38. The SMILES string of the molecule is OC[C@@H]1O[C@H](O[C@H]2[C@H](O)[C@@H](O[C@H](CCCCc3ccc(O)cc3)CCc3ccc(O)cc3)OC[C@@H]2O)[C@@H](O)[C@H](O)[C@H]1O. The molecule has 0 amide bonds. The highest BCUT2D eigenvalue weighted by Crippen LogP contribution is 2.29. The largest absolute Gasteiger partial charge is 0.508 e. The van der Waals surface area contributed by atoms with Gasteiger partial charge in [-0.05, 0) is 67.5 Å². The zero-order chi connectivity index (χ0) is 30.2. The monoisotopic (exact) mass is 594 g/mol. The minimum absolute atomic E-state index is 0.170. The van der Waals surface area contributed by atoms with Crippen LogP contribution in [-0.4, -0.2) is 115 Å². The van der Waals surface area contributed by atoms with E-state index in [1.54, 1.807) is 24.3 Å². The van der Waals surface area contributed by atoms with Crippen LogP contribution in [0.3, 0.4) is 0 Å². The van der Waals surface area contributed by atoms with Gasteiger partial charge in [0.2, 0.25) is 0 Å². The molecule has 0 spiro atoms. The fraction of sp³-hybridized carbons (Fsp3) is 0.600. The fourth-order valence-electron chi connectivity index (χ4n) is 5.22. The maximum absolute atomic E-state index is 11.1. The molecule has 2 aliphatic heterocycles. The average molecular weight is 595 g/mol. The molecule has 2 aliphatic rings. The van der Waals surface area contributed by atoms with Gasteiger partial charge >= 0.3 is 0 Å². The third-order valence-corrected chi connectivity index (χ3v) is 7.76. The highest BCUT2D eigenvalue weighted by atomic mass is 16.7. The van der Waals surface area contributed by atoms with E-state index in [2.05, 4.69) is 0 Å². The molecule has 2 heterocycles. The lowest BCUT2D eigenvalue weighted by Crippen LogP contribution is -2.63. The first kappa shape index (κ1) is 32.6. The summed E-state index contributed by atoms with van der Waals surface area (Å²) in [7, 11) is 0. The molecule has 0 saturated carbocycles. The van der Waals surface area contributed by atoms with Crippen molar-refractivity contribution >= 4 is 0 Å². The van der Waals surface area contributed by atoms with Gasteiger partial charge in [0, 0.05) is 0 Å². The minimum Gasteiger partial charge on any atom is -0.508 e. The number of aliphatic hydroxyl groups is 6. The van der Waals surface area contributed by atoms with E-state index in [1.165, 1.54) is 0 Å². The minimum atomic E-state index is -1.70. The summed E-state index contributed by atoms with van der Waals surface area (Å²) in [5.74, 6) is 0.384. The zero-order valence-corrected chi connectivity index (χ0v) is 23.3. The summed E-state index contributed by atoms with van der Waals surface area (Å²) < 4.78 is 22.9. The predicted octanol–water partition coefficient (Wildman–Crippen LogP) is 0.0918. The second-order valence-electron chi connectivity index (χ2n) is 10.9. The van der Waals surface area contributed by atoms with Crippen molar-refractivity contribution in [3.05, 3.63) is 59.7 Å². The van der Waals surface area contributed by atoms with Gasteiger partial charge < -0.3 is 59.8 Å². The van der Waals surface area contributed by atoms with E-state index in [9.17, 15) is 40.9 Å². The summed E-state index contributed by atoms with van der Waals surface area (Å²) in [4.78, 5) is 0. The maximum atomic E-state index is 11.1. The topological polar surface area (TPSA) is 199 Å². The summed E-state index contributed by atoms with van der Waals surface area (Å²) in [5.41, 5.74) is 2.09. The Bertz CT molecular complexity index is 1060. The average Bonchev–Trinajstić information content (AvgIpc) is 2.99. The van der Waals surface area contributed by atoms with Crippen molar-refractivity contribution in [2.45, 2.75) is 99.9 Å². The number of phenolic OH excluding ortho intramolecular Hbond substituents is 2. The summed E-state index contributed by atoms with van der Waals surface area (Å²) in [6.45, 7) is -0.889. The second kappa shape index (κ2) is 15.4. The van der Waals surface area contributed by atoms with Crippen LogP contribution in [0.15, 0.2) is 48.5 Å². The molecule has 0 aromatic heterocycles. The van der Waals surface area contributed by atoms with Crippen LogP contribution >= 0.6 is 0 Å². The third kappa shape index (κ3) is 8.60. The Hall–Kier alpha value is -2.36. The molecule has 0 aliphatic carbocycles. The van der Waals surface area contributed by atoms with Crippen molar-refractivity contribution in [1.29, 1.82) is 0 Å². The molecule has 12 heteroatoms. The lowest BCUT2D eigenvalue weighted by molar-refractivity contribution is -0.351. The molecule has 234 valence electrons. The van der Waals surface area contributed by atoms with Crippen molar-refractivity contribution in [2.24, 2.45) is 0 Å². The Morgan fingerprint density at radius 3 is 1.95 bits per heavy atom. The van der Waals surface area contributed by atoms with Crippen LogP contribution < -0.4 is 0 Å². The second-order valence-corrected chi connectivity index (χ2v) is 10.9. The number of ether oxygens (including phenoxy) is 4. The molecular weight excluding hydrogens is 552 g/mol. The third-order valence-electron chi connectivity index (χ3n) is 7.76. The Morgan fingerprint density at radius 1 is 0.714 bits per heavy atom. The fourth-order valence-corrected chi connectivity index (χ4v) is 5.22. The quantitative estimate of drug-likeness (QED) is 0.146. The van der Waals surface area contributed by atoms with Crippen LogP contribution in [0.1, 0.15) is 36.8 Å². The van der Waals surface area contributed by atoms with Crippen LogP contribution in [-0.2, 0) is 31.8 Å². The highest BCUT2D eigenvalue weighted by Gasteiger charge is 2.48. The smallest absolute Gasteiger partial charge is 0.187 e. The van der Waals surface area contributed by atoms with Crippen molar-refractivity contribution in [3.8, 4) is 11.5 Å². The molecule has 4 rings (SSSR count). The molecule has 0 radical (unpaired) electrons. The van der Waals surface area contributed by atoms with Gasteiger partial charge in [-0.15, -0.1) is 0 Å². The first-order chi connectivity index (χ1) is 20.2. The van der Waals surface area contributed by atoms with E-state index in [1.807, 2.05) is 24.3 Å². The van der Waals surface area contributed by atoms with Gasteiger partial charge in [-0.1, -0.05) is 30.7 Å². The normalized spacial score (nSPS) is 32.5. The molecule has 10 atom stereocenters. The number of hydrogen-bond acceptors (Lipinski definition) is 12. The van der Waals surface area contributed by atoms with E-state index in [0.717, 1.165) is 30.4 Å². The van der Waals surface area contributed by atoms with Crippen LogP contribution in [0.2, 0.25) is 0 Å². The molecule has 42 heavy (non-hydrogen) atoms. The number of aromatic hydroxyl groups is 2. The maximum Gasteiger partial charge on any atom is 0.187 e. The molecule has 12 nitrogen and oxygen atoms in total.